The quantitative estimate of drug-likeness (QED) is 0.355. The highest BCUT2D eigenvalue weighted by molar-refractivity contribution is 7.99. The number of carboxylic acid groups (broad SMARTS) is 1. The Labute approximate surface area is 161 Å². The Hall–Kier alpha value is -0.840. The highest BCUT2D eigenvalue weighted by Gasteiger charge is 2.08. The summed E-state index contributed by atoms with van der Waals surface area (Å²) in [5.74, 6) is -0.255. The topological polar surface area (TPSA) is 126 Å². The summed E-state index contributed by atoms with van der Waals surface area (Å²) in [7, 11) is 0. The van der Waals surface area contributed by atoms with Crippen LogP contribution in [0.2, 0.25) is 0 Å². The summed E-state index contributed by atoms with van der Waals surface area (Å²) in [6.07, 6.45) is 7.05. The van der Waals surface area contributed by atoms with Crippen LogP contribution in [-0.4, -0.2) is 82.5 Å². The zero-order chi connectivity index (χ0) is 20.1. The number of aliphatic hydroxyl groups is 1. The summed E-state index contributed by atoms with van der Waals surface area (Å²) < 4.78 is 0. The van der Waals surface area contributed by atoms with Gasteiger partial charge in [0.15, 0.2) is 17.9 Å². The first kappa shape index (κ1) is 28.9. The van der Waals surface area contributed by atoms with Crippen LogP contribution in [0.5, 0.6) is 0 Å². The molecule has 146 valence electrons. The summed E-state index contributed by atoms with van der Waals surface area (Å²) in [5.41, 5.74) is 0. The normalized spacial score (nSPS) is 8.96. The fourth-order valence-corrected chi connectivity index (χ4v) is 2.08. The van der Waals surface area contributed by atoms with Gasteiger partial charge in [-0.25, -0.2) is 4.79 Å². The zero-order valence-electron chi connectivity index (χ0n) is 14.7. The van der Waals surface area contributed by atoms with Gasteiger partial charge >= 0.3 is 5.97 Å². The summed E-state index contributed by atoms with van der Waals surface area (Å²) in [6.45, 7) is -0.305. The maximum absolute atomic E-state index is 10.3. The van der Waals surface area contributed by atoms with Crippen LogP contribution in [-0.2, 0) is 24.0 Å². The number of thioether (sulfide) groups is 3. The molecule has 25 heavy (non-hydrogen) atoms. The van der Waals surface area contributed by atoms with E-state index in [0.717, 1.165) is 11.5 Å². The average Bonchev–Trinajstić information content (AvgIpc) is 2.62. The predicted molar refractivity (Wildman–Crippen MR) is 105 cm³/mol. The number of ketones is 3. The van der Waals surface area contributed by atoms with Gasteiger partial charge in [0.2, 0.25) is 5.78 Å². The van der Waals surface area contributed by atoms with E-state index >= 15 is 0 Å². The lowest BCUT2D eigenvalue weighted by molar-refractivity contribution is -0.148. The van der Waals surface area contributed by atoms with Crippen molar-refractivity contribution in [1.29, 1.82) is 0 Å². The molecule has 0 atom stereocenters. The van der Waals surface area contributed by atoms with E-state index in [9.17, 15) is 24.0 Å². The van der Waals surface area contributed by atoms with Gasteiger partial charge in [-0.2, -0.15) is 35.3 Å². The Morgan fingerprint density at radius 3 is 1.64 bits per heavy atom. The van der Waals surface area contributed by atoms with Crippen molar-refractivity contribution in [2.24, 2.45) is 0 Å². The fraction of sp³-hybridized carbons (Fsp3) is 0.667. The van der Waals surface area contributed by atoms with Gasteiger partial charge in [0, 0.05) is 30.8 Å². The van der Waals surface area contributed by atoms with Crippen LogP contribution in [0.1, 0.15) is 19.3 Å². The maximum Gasteiger partial charge on any atom is 0.372 e. The molecule has 0 spiro atoms. The first-order chi connectivity index (χ1) is 11.8. The van der Waals surface area contributed by atoms with E-state index in [0.29, 0.717) is 24.9 Å². The Bertz CT molecular complexity index is 401. The maximum atomic E-state index is 10.3. The van der Waals surface area contributed by atoms with E-state index in [-0.39, 0.29) is 24.6 Å². The number of aldehydes is 1. The van der Waals surface area contributed by atoms with Gasteiger partial charge in [0.25, 0.3) is 0 Å². The average molecular weight is 415 g/mol. The molecule has 7 nitrogen and oxygen atoms in total. The third-order valence-corrected chi connectivity index (χ3v) is 4.05. The van der Waals surface area contributed by atoms with Gasteiger partial charge in [0.05, 0.1) is 0 Å². The summed E-state index contributed by atoms with van der Waals surface area (Å²) >= 11 is 4.64. The number of carbonyl (C=O) groups excluding carboxylic acids is 4. The van der Waals surface area contributed by atoms with Crippen molar-refractivity contribution in [3.8, 4) is 0 Å². The minimum atomic E-state index is -1.33. The number of hydrogen-bond acceptors (Lipinski definition) is 9. The number of hydrogen-bond donors (Lipinski definition) is 2. The molecular weight excluding hydrogens is 388 g/mol. The number of Topliss-reactive ketones (excluding diaryl/α,β-unsaturated/α-hetero) is 3. The fourth-order valence-electron chi connectivity index (χ4n) is 0.858. The van der Waals surface area contributed by atoms with Crippen molar-refractivity contribution >= 4 is 64.9 Å². The first-order valence-corrected chi connectivity index (χ1v) is 11.3. The van der Waals surface area contributed by atoms with E-state index in [2.05, 4.69) is 0 Å². The van der Waals surface area contributed by atoms with Crippen molar-refractivity contribution in [1.82, 2.24) is 0 Å². The van der Waals surface area contributed by atoms with Crippen LogP contribution < -0.4 is 0 Å². The third kappa shape index (κ3) is 28.2. The molecule has 0 aliphatic rings. The van der Waals surface area contributed by atoms with E-state index in [1.807, 2.05) is 18.8 Å². The monoisotopic (exact) mass is 414 g/mol. The predicted octanol–water partition coefficient (Wildman–Crippen LogP) is 1.20. The molecule has 2 N–H and O–H groups in total. The van der Waals surface area contributed by atoms with Gasteiger partial charge in [0.1, 0.15) is 6.61 Å². The Morgan fingerprint density at radius 1 is 0.840 bits per heavy atom. The van der Waals surface area contributed by atoms with Crippen LogP contribution >= 0.6 is 35.3 Å². The van der Waals surface area contributed by atoms with Crippen molar-refractivity contribution in [2.45, 2.75) is 19.3 Å². The van der Waals surface area contributed by atoms with Gasteiger partial charge in [-0.3, -0.25) is 19.2 Å². The lowest BCUT2D eigenvalue weighted by Gasteiger charge is -1.90. The molecule has 10 heteroatoms. The standard InChI is InChI=1S/C5H8O3S.C5H10O2S.C5H8O2S/c1-9-3-2-4(6)5(7)8;2*1-8-3-2-5(7)4-6/h2-3H2,1H3,(H,7,8);6H,2-4H2,1H3;4H,2-3H2,1H3. The number of carbonyl (C=O) groups is 5. The SMILES string of the molecule is CSCCC(=O)C(=O)O.CSCCC(=O)C=O.CSCCC(=O)CO. The van der Waals surface area contributed by atoms with Crippen LogP contribution in [0.4, 0.5) is 0 Å². The molecular formula is C15H26O7S3. The number of rotatable bonds is 12. The summed E-state index contributed by atoms with van der Waals surface area (Å²) in [6, 6.07) is 0. The number of carboxylic acids is 1. The second-order valence-electron chi connectivity index (χ2n) is 4.24. The largest absolute Gasteiger partial charge is 0.476 e. The minimum Gasteiger partial charge on any atom is -0.476 e. The lowest BCUT2D eigenvalue weighted by atomic mass is 10.3. The van der Waals surface area contributed by atoms with E-state index in [4.69, 9.17) is 10.2 Å². The van der Waals surface area contributed by atoms with Gasteiger partial charge in [-0.1, -0.05) is 0 Å². The first-order valence-electron chi connectivity index (χ1n) is 7.14. The van der Waals surface area contributed by atoms with E-state index in [1.165, 1.54) is 11.8 Å². The Kier molecular flexibility index (Phi) is 26.8. The highest BCUT2D eigenvalue weighted by atomic mass is 32.2. The second kappa shape index (κ2) is 23.2. The molecule has 0 rings (SSSR count). The molecule has 0 fully saturated rings. The van der Waals surface area contributed by atoms with Gasteiger partial charge in [-0.05, 0) is 24.5 Å². The van der Waals surface area contributed by atoms with E-state index < -0.39 is 11.8 Å². The molecule has 0 unspecified atom stereocenters. The summed E-state index contributed by atoms with van der Waals surface area (Å²) in [4.78, 5) is 50.3. The van der Waals surface area contributed by atoms with Crippen molar-refractivity contribution in [3.05, 3.63) is 0 Å². The van der Waals surface area contributed by atoms with Gasteiger partial charge in [-0.15, -0.1) is 0 Å². The molecule has 0 saturated carbocycles. The highest BCUT2D eigenvalue weighted by Crippen LogP contribution is 1.96. The van der Waals surface area contributed by atoms with Crippen LogP contribution in [0, 0.1) is 0 Å². The lowest BCUT2D eigenvalue weighted by Crippen LogP contribution is -2.12. The van der Waals surface area contributed by atoms with Crippen LogP contribution in [0.25, 0.3) is 0 Å². The minimum absolute atomic E-state index is 0.0700. The summed E-state index contributed by atoms with van der Waals surface area (Å²) in [5, 5.41) is 16.3. The molecule has 0 aliphatic heterocycles. The molecule has 0 bridgehead atoms. The Morgan fingerprint density at radius 2 is 1.28 bits per heavy atom. The third-order valence-electron chi connectivity index (χ3n) is 2.22. The zero-order valence-corrected chi connectivity index (χ0v) is 17.1. The van der Waals surface area contributed by atoms with Crippen molar-refractivity contribution < 1.29 is 34.2 Å². The van der Waals surface area contributed by atoms with Crippen LogP contribution in [0.3, 0.4) is 0 Å². The molecule has 0 radical (unpaired) electrons. The molecule has 0 aromatic heterocycles. The molecule has 0 aromatic rings. The number of aliphatic hydroxyl groups excluding tert-OH is 1. The molecule has 0 saturated heterocycles. The molecule has 0 aromatic carbocycles. The second-order valence-corrected chi connectivity index (χ2v) is 7.19. The van der Waals surface area contributed by atoms with Gasteiger partial charge < -0.3 is 10.2 Å². The van der Waals surface area contributed by atoms with Crippen molar-refractivity contribution in [2.75, 3.05) is 42.6 Å². The smallest absolute Gasteiger partial charge is 0.372 e. The molecule has 0 heterocycles. The Balaban J connectivity index is -0.000000291. The van der Waals surface area contributed by atoms with E-state index in [1.54, 1.807) is 23.5 Å². The number of aliphatic carboxylic acids is 1. The van der Waals surface area contributed by atoms with Crippen molar-refractivity contribution in [3.63, 3.8) is 0 Å². The molecule has 0 amide bonds. The van der Waals surface area contributed by atoms with Crippen LogP contribution in [0.15, 0.2) is 0 Å². The molecule has 0 aliphatic carbocycles.